The van der Waals surface area contributed by atoms with Gasteiger partial charge in [0.1, 0.15) is 0 Å². The largest absolute Gasteiger partial charge is 0.501 e. The summed E-state index contributed by atoms with van der Waals surface area (Å²) in [5.74, 6) is 0.615. The number of nitrogens with one attached hydrogen (secondary N) is 1. The molecule has 1 aliphatic heterocycles. The molecule has 1 aromatic carbocycles. The maximum atomic E-state index is 5.55. The van der Waals surface area contributed by atoms with Crippen LogP contribution in [0, 0.1) is 0 Å². The predicted molar refractivity (Wildman–Crippen MR) is 78.2 cm³/mol. The first-order valence-corrected chi connectivity index (χ1v) is 7.52. The maximum absolute atomic E-state index is 5.55. The fraction of sp³-hybridized carbons (Fsp3) is 0.529. The van der Waals surface area contributed by atoms with Crippen molar-refractivity contribution in [3.63, 3.8) is 0 Å². The second kappa shape index (κ2) is 5.79. The molecule has 1 aliphatic carbocycles. The number of hydrogen-bond acceptors (Lipinski definition) is 2. The molecule has 0 saturated carbocycles. The van der Waals surface area contributed by atoms with E-state index in [4.69, 9.17) is 4.74 Å². The molecule has 0 amide bonds. The van der Waals surface area contributed by atoms with Crippen LogP contribution in [0.1, 0.15) is 43.2 Å². The van der Waals surface area contributed by atoms with Gasteiger partial charge >= 0.3 is 0 Å². The third kappa shape index (κ3) is 2.55. The molecule has 2 aliphatic rings. The van der Waals surface area contributed by atoms with E-state index in [1.54, 1.807) is 5.56 Å². The molecule has 2 atom stereocenters. The Morgan fingerprint density at radius 1 is 1.32 bits per heavy atom. The Morgan fingerprint density at radius 2 is 2.21 bits per heavy atom. The summed E-state index contributed by atoms with van der Waals surface area (Å²) in [5.41, 5.74) is 4.53. The molecule has 1 heterocycles. The van der Waals surface area contributed by atoms with Gasteiger partial charge in [-0.1, -0.05) is 31.2 Å². The fourth-order valence-electron chi connectivity index (χ4n) is 3.50. The lowest BCUT2D eigenvalue weighted by atomic mass is 9.86. The Labute approximate surface area is 115 Å². The topological polar surface area (TPSA) is 21.3 Å². The average Bonchev–Trinajstić information content (AvgIpc) is 2.89. The van der Waals surface area contributed by atoms with Gasteiger partial charge in [0.25, 0.3) is 0 Å². The Bertz CT molecular complexity index is 466. The summed E-state index contributed by atoms with van der Waals surface area (Å²) >= 11 is 0. The highest BCUT2D eigenvalue weighted by Crippen LogP contribution is 2.38. The summed E-state index contributed by atoms with van der Waals surface area (Å²) in [6.45, 7) is 4.09. The van der Waals surface area contributed by atoms with Crippen molar-refractivity contribution in [2.45, 2.75) is 44.6 Å². The van der Waals surface area contributed by atoms with Crippen LogP contribution in [0.4, 0.5) is 0 Å². The molecule has 0 fully saturated rings. The number of likely N-dealkylation sites (N-methyl/N-ethyl adjacent to an activating group) is 1. The van der Waals surface area contributed by atoms with E-state index in [9.17, 15) is 0 Å². The molecule has 2 nitrogen and oxygen atoms in total. The highest BCUT2D eigenvalue weighted by Gasteiger charge is 2.31. The molecule has 1 N–H and O–H groups in total. The minimum absolute atomic E-state index is 0.453. The van der Waals surface area contributed by atoms with Gasteiger partial charge in [-0.15, -0.1) is 0 Å². The quantitative estimate of drug-likeness (QED) is 0.892. The lowest BCUT2D eigenvalue weighted by Crippen LogP contribution is -2.36. The number of ether oxygens (including phenoxy) is 1. The van der Waals surface area contributed by atoms with Crippen LogP contribution in [0.2, 0.25) is 0 Å². The molecule has 0 radical (unpaired) electrons. The van der Waals surface area contributed by atoms with Crippen LogP contribution in [0.25, 0.3) is 0 Å². The molecule has 2 unspecified atom stereocenters. The molecular weight excluding hydrogens is 234 g/mol. The number of fused-ring (bicyclic) bond motifs is 1. The number of benzene rings is 1. The van der Waals surface area contributed by atoms with Crippen molar-refractivity contribution in [3.05, 3.63) is 47.2 Å². The first-order chi connectivity index (χ1) is 9.40. The SMILES string of the molecule is CCNC(C1=COCCC1)C1CCc2ccccc21. The number of aryl methyl sites for hydroxylation is 1. The second-order valence-electron chi connectivity index (χ2n) is 5.55. The normalized spacial score (nSPS) is 23.4. The van der Waals surface area contributed by atoms with Crippen LogP contribution in [-0.2, 0) is 11.2 Å². The van der Waals surface area contributed by atoms with E-state index >= 15 is 0 Å². The molecule has 102 valence electrons. The predicted octanol–water partition coefficient (Wildman–Crippen LogP) is 3.39. The van der Waals surface area contributed by atoms with Crippen LogP contribution >= 0.6 is 0 Å². The van der Waals surface area contributed by atoms with Crippen molar-refractivity contribution < 1.29 is 4.74 Å². The minimum atomic E-state index is 0.453. The van der Waals surface area contributed by atoms with Gasteiger partial charge in [0.2, 0.25) is 0 Å². The summed E-state index contributed by atoms with van der Waals surface area (Å²) in [5, 5.41) is 3.69. The summed E-state index contributed by atoms with van der Waals surface area (Å²) in [4.78, 5) is 0. The minimum Gasteiger partial charge on any atom is -0.501 e. The van der Waals surface area contributed by atoms with Crippen molar-refractivity contribution in [1.82, 2.24) is 5.32 Å². The van der Waals surface area contributed by atoms with E-state index in [1.807, 2.05) is 6.26 Å². The van der Waals surface area contributed by atoms with Gasteiger partial charge in [-0.3, -0.25) is 0 Å². The van der Waals surface area contributed by atoms with E-state index in [0.717, 1.165) is 19.6 Å². The van der Waals surface area contributed by atoms with Crippen molar-refractivity contribution >= 4 is 0 Å². The van der Waals surface area contributed by atoms with Crippen LogP contribution in [-0.4, -0.2) is 19.2 Å². The van der Waals surface area contributed by atoms with Gasteiger partial charge in [0.05, 0.1) is 12.9 Å². The van der Waals surface area contributed by atoms with Gasteiger partial charge < -0.3 is 10.1 Å². The van der Waals surface area contributed by atoms with Crippen molar-refractivity contribution in [1.29, 1.82) is 0 Å². The fourth-order valence-corrected chi connectivity index (χ4v) is 3.50. The van der Waals surface area contributed by atoms with Crippen LogP contribution in [0.15, 0.2) is 36.1 Å². The van der Waals surface area contributed by atoms with E-state index in [0.29, 0.717) is 12.0 Å². The summed E-state index contributed by atoms with van der Waals surface area (Å²) < 4.78 is 5.55. The summed E-state index contributed by atoms with van der Waals surface area (Å²) in [7, 11) is 0. The molecular formula is C17H23NO. The van der Waals surface area contributed by atoms with E-state index in [2.05, 4.69) is 36.5 Å². The van der Waals surface area contributed by atoms with Gasteiger partial charge in [0.15, 0.2) is 0 Å². The summed E-state index contributed by atoms with van der Waals surface area (Å²) in [6, 6.07) is 9.37. The molecule has 0 saturated heterocycles. The Kier molecular flexibility index (Phi) is 3.88. The number of hydrogen-bond donors (Lipinski definition) is 1. The van der Waals surface area contributed by atoms with Crippen molar-refractivity contribution in [2.24, 2.45) is 0 Å². The van der Waals surface area contributed by atoms with Crippen LogP contribution in [0.5, 0.6) is 0 Å². The van der Waals surface area contributed by atoms with Gasteiger partial charge in [0, 0.05) is 12.0 Å². The zero-order chi connectivity index (χ0) is 13.1. The first kappa shape index (κ1) is 12.7. The standard InChI is InChI=1S/C17H23NO/c1-2-18-17(14-7-5-11-19-12-14)16-10-9-13-6-3-4-8-15(13)16/h3-4,6,8,12,16-18H,2,5,7,9-11H2,1H3. The average molecular weight is 257 g/mol. The first-order valence-electron chi connectivity index (χ1n) is 7.52. The van der Waals surface area contributed by atoms with E-state index in [1.165, 1.54) is 30.4 Å². The molecule has 3 rings (SSSR count). The van der Waals surface area contributed by atoms with E-state index in [-0.39, 0.29) is 0 Å². The maximum Gasteiger partial charge on any atom is 0.0876 e. The van der Waals surface area contributed by atoms with E-state index < -0.39 is 0 Å². The Morgan fingerprint density at radius 3 is 3.00 bits per heavy atom. The summed E-state index contributed by atoms with van der Waals surface area (Å²) in [6.07, 6.45) is 6.82. The molecule has 0 aromatic heterocycles. The van der Waals surface area contributed by atoms with Crippen molar-refractivity contribution in [2.75, 3.05) is 13.2 Å². The molecule has 1 aromatic rings. The third-order valence-electron chi connectivity index (χ3n) is 4.37. The van der Waals surface area contributed by atoms with Crippen molar-refractivity contribution in [3.8, 4) is 0 Å². The van der Waals surface area contributed by atoms with Gasteiger partial charge in [-0.05, 0) is 48.9 Å². The molecule has 0 spiro atoms. The number of rotatable bonds is 4. The highest BCUT2D eigenvalue weighted by molar-refractivity contribution is 5.38. The Balaban J connectivity index is 1.87. The van der Waals surface area contributed by atoms with Gasteiger partial charge in [-0.25, -0.2) is 0 Å². The molecule has 2 heteroatoms. The third-order valence-corrected chi connectivity index (χ3v) is 4.37. The Hall–Kier alpha value is -1.28. The lowest BCUT2D eigenvalue weighted by Gasteiger charge is -2.29. The molecule has 19 heavy (non-hydrogen) atoms. The zero-order valence-corrected chi connectivity index (χ0v) is 11.7. The molecule has 0 bridgehead atoms. The monoisotopic (exact) mass is 257 g/mol. The van der Waals surface area contributed by atoms with Crippen LogP contribution < -0.4 is 5.32 Å². The van der Waals surface area contributed by atoms with Gasteiger partial charge in [-0.2, -0.15) is 0 Å². The highest BCUT2D eigenvalue weighted by atomic mass is 16.5. The lowest BCUT2D eigenvalue weighted by molar-refractivity contribution is 0.217. The second-order valence-corrected chi connectivity index (χ2v) is 5.55. The smallest absolute Gasteiger partial charge is 0.0876 e. The zero-order valence-electron chi connectivity index (χ0n) is 11.7. The van der Waals surface area contributed by atoms with Crippen LogP contribution in [0.3, 0.4) is 0 Å².